The summed E-state index contributed by atoms with van der Waals surface area (Å²) >= 11 is 0. The fraction of sp³-hybridized carbons (Fsp3) is 0.846. The summed E-state index contributed by atoms with van der Waals surface area (Å²) in [7, 11) is 3.52. The normalized spacial score (nSPS) is 16.6. The van der Waals surface area contributed by atoms with Crippen LogP contribution in [0.3, 0.4) is 0 Å². The quantitative estimate of drug-likeness (QED) is 0.647. The minimum atomic E-state index is -0.294. The van der Waals surface area contributed by atoms with Gasteiger partial charge < -0.3 is 16.0 Å². The summed E-state index contributed by atoms with van der Waals surface area (Å²) in [4.78, 5) is 26.4. The minimum Gasteiger partial charge on any atom is -0.369 e. The standard InChI is InChI=1S/C13H26N4O2/c1-16(2)13(19)4-3-9-17(10-12(14)18)11-5-7-15-8-6-11/h11,15H,3-10H2,1-2H3,(H2,14,18). The van der Waals surface area contributed by atoms with Crippen LogP contribution in [0, 0.1) is 0 Å². The van der Waals surface area contributed by atoms with E-state index in [-0.39, 0.29) is 11.8 Å². The Morgan fingerprint density at radius 3 is 2.42 bits per heavy atom. The number of carbonyl (C=O) groups excluding carboxylic acids is 2. The highest BCUT2D eigenvalue weighted by Crippen LogP contribution is 2.12. The van der Waals surface area contributed by atoms with Gasteiger partial charge in [0.15, 0.2) is 0 Å². The number of nitrogens with one attached hydrogen (secondary N) is 1. The van der Waals surface area contributed by atoms with E-state index in [2.05, 4.69) is 10.2 Å². The van der Waals surface area contributed by atoms with Crippen LogP contribution in [0.15, 0.2) is 0 Å². The van der Waals surface area contributed by atoms with Crippen LogP contribution < -0.4 is 11.1 Å². The van der Waals surface area contributed by atoms with E-state index in [1.54, 1.807) is 19.0 Å². The van der Waals surface area contributed by atoms with Crippen molar-refractivity contribution in [3.05, 3.63) is 0 Å². The molecule has 1 saturated heterocycles. The number of rotatable bonds is 7. The summed E-state index contributed by atoms with van der Waals surface area (Å²) < 4.78 is 0. The molecule has 19 heavy (non-hydrogen) atoms. The van der Waals surface area contributed by atoms with Gasteiger partial charge in [0.05, 0.1) is 6.54 Å². The molecular formula is C13H26N4O2. The van der Waals surface area contributed by atoms with Gasteiger partial charge in [0.1, 0.15) is 0 Å². The Morgan fingerprint density at radius 1 is 1.26 bits per heavy atom. The van der Waals surface area contributed by atoms with Gasteiger partial charge in [-0.05, 0) is 38.9 Å². The first-order valence-electron chi connectivity index (χ1n) is 6.94. The lowest BCUT2D eigenvalue weighted by molar-refractivity contribution is -0.128. The van der Waals surface area contributed by atoms with Crippen molar-refractivity contribution < 1.29 is 9.59 Å². The average molecular weight is 270 g/mol. The number of carbonyl (C=O) groups is 2. The van der Waals surface area contributed by atoms with Crippen LogP contribution in [0.1, 0.15) is 25.7 Å². The van der Waals surface area contributed by atoms with Gasteiger partial charge in [-0.1, -0.05) is 0 Å². The van der Waals surface area contributed by atoms with Crippen molar-refractivity contribution in [2.45, 2.75) is 31.7 Å². The molecule has 0 bridgehead atoms. The van der Waals surface area contributed by atoms with E-state index < -0.39 is 0 Å². The molecule has 0 aliphatic carbocycles. The Hall–Kier alpha value is -1.14. The lowest BCUT2D eigenvalue weighted by Gasteiger charge is -2.33. The Morgan fingerprint density at radius 2 is 1.89 bits per heavy atom. The number of hydrogen-bond donors (Lipinski definition) is 2. The predicted molar refractivity (Wildman–Crippen MR) is 74.6 cm³/mol. The number of nitrogens with two attached hydrogens (primary N) is 1. The summed E-state index contributed by atoms with van der Waals surface area (Å²) in [6, 6.07) is 0.406. The van der Waals surface area contributed by atoms with Crippen molar-refractivity contribution in [1.82, 2.24) is 15.1 Å². The molecule has 1 heterocycles. The lowest BCUT2D eigenvalue weighted by atomic mass is 10.0. The molecule has 3 N–H and O–H groups in total. The molecule has 0 atom stereocenters. The molecule has 0 aromatic rings. The maximum Gasteiger partial charge on any atom is 0.231 e. The zero-order valence-corrected chi connectivity index (χ0v) is 12.0. The maximum atomic E-state index is 11.5. The zero-order valence-electron chi connectivity index (χ0n) is 12.0. The second-order valence-corrected chi connectivity index (χ2v) is 5.31. The van der Waals surface area contributed by atoms with Crippen LogP contribution in [0.25, 0.3) is 0 Å². The second-order valence-electron chi connectivity index (χ2n) is 5.31. The number of nitrogens with zero attached hydrogens (tertiary/aromatic N) is 2. The third-order valence-corrected chi connectivity index (χ3v) is 3.52. The van der Waals surface area contributed by atoms with Crippen LogP contribution in [0.4, 0.5) is 0 Å². The topological polar surface area (TPSA) is 78.7 Å². The maximum absolute atomic E-state index is 11.5. The van der Waals surface area contributed by atoms with Crippen molar-refractivity contribution in [3.63, 3.8) is 0 Å². The van der Waals surface area contributed by atoms with Crippen molar-refractivity contribution in [3.8, 4) is 0 Å². The molecule has 0 spiro atoms. The Labute approximate surface area is 115 Å². The van der Waals surface area contributed by atoms with E-state index in [1.807, 2.05) is 0 Å². The number of primary amides is 1. The molecule has 0 saturated carbocycles. The molecule has 0 aromatic heterocycles. The SMILES string of the molecule is CN(C)C(=O)CCCN(CC(N)=O)C1CCNCC1. The predicted octanol–water partition coefficient (Wildman–Crippen LogP) is -0.606. The smallest absolute Gasteiger partial charge is 0.231 e. The van der Waals surface area contributed by atoms with Crippen LogP contribution in [0.2, 0.25) is 0 Å². The molecule has 110 valence electrons. The molecule has 0 unspecified atom stereocenters. The van der Waals surface area contributed by atoms with Gasteiger partial charge in [0.2, 0.25) is 11.8 Å². The molecule has 6 nitrogen and oxygen atoms in total. The highest BCUT2D eigenvalue weighted by molar-refractivity contribution is 5.76. The van der Waals surface area contributed by atoms with E-state index in [0.29, 0.717) is 19.0 Å². The van der Waals surface area contributed by atoms with Gasteiger partial charge in [0.25, 0.3) is 0 Å². The highest BCUT2D eigenvalue weighted by Gasteiger charge is 2.22. The molecule has 1 fully saturated rings. The van der Waals surface area contributed by atoms with Crippen LogP contribution >= 0.6 is 0 Å². The molecule has 0 aromatic carbocycles. The van der Waals surface area contributed by atoms with Gasteiger partial charge in [-0.25, -0.2) is 0 Å². The lowest BCUT2D eigenvalue weighted by Crippen LogP contribution is -2.47. The van der Waals surface area contributed by atoms with Crippen molar-refractivity contribution >= 4 is 11.8 Å². The first-order valence-corrected chi connectivity index (χ1v) is 6.94. The molecular weight excluding hydrogens is 244 g/mol. The van der Waals surface area contributed by atoms with Crippen molar-refractivity contribution in [2.75, 3.05) is 40.3 Å². The number of amides is 2. The molecule has 1 rings (SSSR count). The van der Waals surface area contributed by atoms with Crippen molar-refractivity contribution in [1.29, 1.82) is 0 Å². The largest absolute Gasteiger partial charge is 0.369 e. The highest BCUT2D eigenvalue weighted by atomic mass is 16.2. The van der Waals surface area contributed by atoms with Gasteiger partial charge in [-0.3, -0.25) is 14.5 Å². The molecule has 6 heteroatoms. The van der Waals surface area contributed by atoms with Gasteiger partial charge >= 0.3 is 0 Å². The third kappa shape index (κ3) is 6.02. The first kappa shape index (κ1) is 15.9. The fourth-order valence-electron chi connectivity index (χ4n) is 2.42. The van der Waals surface area contributed by atoms with Crippen molar-refractivity contribution in [2.24, 2.45) is 5.73 Å². The monoisotopic (exact) mass is 270 g/mol. The van der Waals surface area contributed by atoms with E-state index in [0.717, 1.165) is 38.9 Å². The number of hydrogen-bond acceptors (Lipinski definition) is 4. The Balaban J connectivity index is 2.40. The minimum absolute atomic E-state index is 0.129. The summed E-state index contributed by atoms with van der Waals surface area (Å²) in [5, 5.41) is 3.31. The summed E-state index contributed by atoms with van der Waals surface area (Å²) in [5.74, 6) is -0.165. The van der Waals surface area contributed by atoms with E-state index in [1.165, 1.54) is 0 Å². The summed E-state index contributed by atoms with van der Waals surface area (Å²) in [6.07, 6.45) is 3.37. The zero-order chi connectivity index (χ0) is 14.3. The van der Waals surface area contributed by atoms with E-state index in [9.17, 15) is 9.59 Å². The Kier molecular flexibility index (Phi) is 6.80. The van der Waals surface area contributed by atoms with Crippen LogP contribution in [-0.4, -0.2) is 67.9 Å². The number of piperidine rings is 1. The first-order chi connectivity index (χ1) is 9.00. The van der Waals surface area contributed by atoms with Crippen LogP contribution in [0.5, 0.6) is 0 Å². The molecule has 1 aliphatic heterocycles. The molecule has 2 amide bonds. The Bertz CT molecular complexity index is 301. The van der Waals surface area contributed by atoms with E-state index >= 15 is 0 Å². The summed E-state index contributed by atoms with van der Waals surface area (Å²) in [5.41, 5.74) is 5.31. The average Bonchev–Trinajstić information content (AvgIpc) is 2.37. The van der Waals surface area contributed by atoms with Gasteiger partial charge in [-0.2, -0.15) is 0 Å². The van der Waals surface area contributed by atoms with E-state index in [4.69, 9.17) is 5.73 Å². The van der Waals surface area contributed by atoms with Crippen LogP contribution in [-0.2, 0) is 9.59 Å². The third-order valence-electron chi connectivity index (χ3n) is 3.52. The van der Waals surface area contributed by atoms with Gasteiger partial charge in [-0.15, -0.1) is 0 Å². The van der Waals surface area contributed by atoms with Gasteiger partial charge in [0, 0.05) is 26.6 Å². The second kappa shape index (κ2) is 8.12. The molecule has 1 aliphatic rings. The molecule has 0 radical (unpaired) electrons. The summed E-state index contributed by atoms with van der Waals surface area (Å²) in [6.45, 7) is 3.02. The fourth-order valence-corrected chi connectivity index (χ4v) is 2.42.